The van der Waals surface area contributed by atoms with Gasteiger partial charge in [-0.3, -0.25) is 5.10 Å². The third-order valence-electron chi connectivity index (χ3n) is 5.33. The van der Waals surface area contributed by atoms with Crippen LogP contribution in [0.2, 0.25) is 0 Å². The highest BCUT2D eigenvalue weighted by Crippen LogP contribution is 2.46. The molecule has 1 unspecified atom stereocenters. The van der Waals surface area contributed by atoms with E-state index in [-0.39, 0.29) is 35.6 Å². The van der Waals surface area contributed by atoms with E-state index in [1.165, 1.54) is 18.4 Å². The maximum atomic E-state index is 6.46. The number of H-pyrrole nitrogens is 1. The fourth-order valence-corrected chi connectivity index (χ4v) is 4.09. The molecule has 1 spiro atoms. The number of rotatable bonds is 4. The van der Waals surface area contributed by atoms with Crippen molar-refractivity contribution in [3.63, 3.8) is 0 Å². The molecule has 2 heterocycles. The summed E-state index contributed by atoms with van der Waals surface area (Å²) >= 11 is 0. The summed E-state index contributed by atoms with van der Waals surface area (Å²) in [6.45, 7) is 3.49. The van der Waals surface area contributed by atoms with Crippen molar-refractivity contribution in [1.82, 2.24) is 20.8 Å². The molecule has 3 N–H and O–H groups in total. The number of fused-ring (bicyclic) bond motifs is 1. The van der Waals surface area contributed by atoms with Gasteiger partial charge >= 0.3 is 0 Å². The Morgan fingerprint density at radius 2 is 2.11 bits per heavy atom. The standard InChI is InChI=1S/C20H27N5O.HI/c1-2-21-19(22-14-15-9-12-23-25-15)24-17-13-20(10-5-6-11-20)26-18-8-4-3-7-16(17)18;/h3-4,7-9,12,17H,2,5-6,10-11,13-14H2,1H3,(H,23,25)(H2,21,22,24);1H. The second-order valence-corrected chi connectivity index (χ2v) is 7.21. The third kappa shape index (κ3) is 4.56. The van der Waals surface area contributed by atoms with Gasteiger partial charge in [-0.25, -0.2) is 4.99 Å². The van der Waals surface area contributed by atoms with E-state index < -0.39 is 0 Å². The fourth-order valence-electron chi connectivity index (χ4n) is 4.09. The van der Waals surface area contributed by atoms with Gasteiger partial charge in [0.2, 0.25) is 0 Å². The Labute approximate surface area is 177 Å². The average Bonchev–Trinajstić information content (AvgIpc) is 3.32. The van der Waals surface area contributed by atoms with Gasteiger partial charge in [-0.2, -0.15) is 5.10 Å². The minimum absolute atomic E-state index is 0. The van der Waals surface area contributed by atoms with Gasteiger partial charge in [-0.15, -0.1) is 24.0 Å². The molecule has 7 heteroatoms. The van der Waals surface area contributed by atoms with Crippen molar-refractivity contribution < 1.29 is 4.74 Å². The molecule has 2 aliphatic rings. The molecule has 1 atom stereocenters. The lowest BCUT2D eigenvalue weighted by Gasteiger charge is -2.40. The topological polar surface area (TPSA) is 74.3 Å². The van der Waals surface area contributed by atoms with Gasteiger partial charge in [-0.05, 0) is 44.7 Å². The van der Waals surface area contributed by atoms with Gasteiger partial charge in [0, 0.05) is 24.7 Å². The number of aromatic amines is 1. The van der Waals surface area contributed by atoms with E-state index >= 15 is 0 Å². The minimum atomic E-state index is -0.0211. The lowest BCUT2D eigenvalue weighted by atomic mass is 9.86. The number of hydrogen-bond donors (Lipinski definition) is 3. The summed E-state index contributed by atoms with van der Waals surface area (Å²) in [6, 6.07) is 10.5. The second kappa shape index (κ2) is 8.95. The molecule has 2 aromatic rings. The van der Waals surface area contributed by atoms with Crippen molar-refractivity contribution in [2.45, 2.75) is 57.2 Å². The molecule has 0 radical (unpaired) electrons. The number of guanidine groups is 1. The van der Waals surface area contributed by atoms with Crippen LogP contribution in [-0.4, -0.2) is 28.3 Å². The summed E-state index contributed by atoms with van der Waals surface area (Å²) in [5.41, 5.74) is 2.20. The van der Waals surface area contributed by atoms with Crippen molar-refractivity contribution in [3.05, 3.63) is 47.8 Å². The first-order valence-corrected chi connectivity index (χ1v) is 9.59. The average molecular weight is 481 g/mol. The quantitative estimate of drug-likeness (QED) is 0.352. The molecule has 0 amide bonds. The van der Waals surface area contributed by atoms with E-state index in [0.717, 1.165) is 43.2 Å². The molecule has 1 aromatic heterocycles. The number of aromatic nitrogens is 2. The lowest BCUT2D eigenvalue weighted by Crippen LogP contribution is -2.46. The Morgan fingerprint density at radius 1 is 1.30 bits per heavy atom. The zero-order valence-corrected chi connectivity index (χ0v) is 18.0. The van der Waals surface area contributed by atoms with Crippen molar-refractivity contribution in [3.8, 4) is 5.75 Å². The van der Waals surface area contributed by atoms with Gasteiger partial charge in [0.1, 0.15) is 11.4 Å². The Morgan fingerprint density at radius 3 is 2.85 bits per heavy atom. The smallest absolute Gasteiger partial charge is 0.192 e. The Kier molecular flexibility index (Phi) is 6.62. The van der Waals surface area contributed by atoms with Gasteiger partial charge in [0.25, 0.3) is 0 Å². The van der Waals surface area contributed by atoms with Crippen molar-refractivity contribution in [2.24, 2.45) is 4.99 Å². The number of hydrogen-bond acceptors (Lipinski definition) is 3. The van der Waals surface area contributed by atoms with E-state index in [1.54, 1.807) is 6.20 Å². The molecule has 0 bridgehead atoms. The monoisotopic (exact) mass is 481 g/mol. The minimum Gasteiger partial charge on any atom is -0.487 e. The van der Waals surface area contributed by atoms with E-state index in [1.807, 2.05) is 6.07 Å². The Hall–Kier alpha value is -1.77. The van der Waals surface area contributed by atoms with Gasteiger partial charge < -0.3 is 15.4 Å². The molecule has 1 fully saturated rings. The number of nitrogens with zero attached hydrogens (tertiary/aromatic N) is 2. The highest BCUT2D eigenvalue weighted by Gasteiger charge is 2.43. The van der Waals surface area contributed by atoms with Crippen LogP contribution in [0.15, 0.2) is 41.5 Å². The van der Waals surface area contributed by atoms with E-state index in [2.05, 4.69) is 52.0 Å². The summed E-state index contributed by atoms with van der Waals surface area (Å²) < 4.78 is 6.46. The fraction of sp³-hybridized carbons (Fsp3) is 0.500. The lowest BCUT2D eigenvalue weighted by molar-refractivity contribution is 0.0396. The van der Waals surface area contributed by atoms with Crippen molar-refractivity contribution in [1.29, 1.82) is 0 Å². The molecule has 1 saturated carbocycles. The van der Waals surface area contributed by atoms with Crippen LogP contribution < -0.4 is 15.4 Å². The zero-order valence-electron chi connectivity index (χ0n) is 15.7. The molecule has 27 heavy (non-hydrogen) atoms. The second-order valence-electron chi connectivity index (χ2n) is 7.21. The van der Waals surface area contributed by atoms with Crippen LogP contribution >= 0.6 is 24.0 Å². The number of halogens is 1. The number of benzene rings is 1. The van der Waals surface area contributed by atoms with Crippen LogP contribution in [0.25, 0.3) is 0 Å². The van der Waals surface area contributed by atoms with Gasteiger partial charge in [0.05, 0.1) is 18.3 Å². The van der Waals surface area contributed by atoms with Crippen LogP contribution in [0.1, 0.15) is 56.3 Å². The van der Waals surface area contributed by atoms with E-state index in [9.17, 15) is 0 Å². The molecule has 146 valence electrons. The summed E-state index contributed by atoms with van der Waals surface area (Å²) in [5, 5.41) is 14.0. The summed E-state index contributed by atoms with van der Waals surface area (Å²) in [4.78, 5) is 4.72. The zero-order chi connectivity index (χ0) is 17.8. The molecule has 1 aromatic carbocycles. The molecule has 6 nitrogen and oxygen atoms in total. The van der Waals surface area contributed by atoms with Crippen LogP contribution in [0.4, 0.5) is 0 Å². The summed E-state index contributed by atoms with van der Waals surface area (Å²) in [7, 11) is 0. The highest BCUT2D eigenvalue weighted by atomic mass is 127. The van der Waals surface area contributed by atoms with E-state index in [4.69, 9.17) is 9.73 Å². The van der Waals surface area contributed by atoms with Gasteiger partial charge in [-0.1, -0.05) is 18.2 Å². The number of para-hydroxylation sites is 1. The maximum Gasteiger partial charge on any atom is 0.192 e. The highest BCUT2D eigenvalue weighted by molar-refractivity contribution is 14.0. The van der Waals surface area contributed by atoms with Gasteiger partial charge in [0.15, 0.2) is 5.96 Å². The van der Waals surface area contributed by atoms with Crippen molar-refractivity contribution in [2.75, 3.05) is 6.54 Å². The molecule has 1 aliphatic heterocycles. The third-order valence-corrected chi connectivity index (χ3v) is 5.33. The molecule has 1 aliphatic carbocycles. The van der Waals surface area contributed by atoms with Crippen LogP contribution in [0, 0.1) is 0 Å². The summed E-state index contributed by atoms with van der Waals surface area (Å²) in [5.74, 6) is 1.85. The first-order chi connectivity index (χ1) is 12.8. The number of aliphatic imine (C=N–C) groups is 1. The van der Waals surface area contributed by atoms with Crippen LogP contribution in [0.3, 0.4) is 0 Å². The molecular weight excluding hydrogens is 453 g/mol. The van der Waals surface area contributed by atoms with E-state index in [0.29, 0.717) is 6.54 Å². The van der Waals surface area contributed by atoms with Crippen LogP contribution in [0.5, 0.6) is 5.75 Å². The maximum absolute atomic E-state index is 6.46. The Balaban J connectivity index is 0.00000210. The molecule has 0 saturated heterocycles. The first kappa shape index (κ1) is 20.0. The van der Waals surface area contributed by atoms with Crippen LogP contribution in [-0.2, 0) is 6.54 Å². The Bertz CT molecular complexity index is 755. The largest absolute Gasteiger partial charge is 0.487 e. The normalized spacial score (nSPS) is 20.5. The number of nitrogens with one attached hydrogen (secondary N) is 3. The molecular formula is C20H28IN5O. The number of ether oxygens (including phenoxy) is 1. The predicted octanol–water partition coefficient (Wildman–Crippen LogP) is 3.92. The van der Waals surface area contributed by atoms with Crippen molar-refractivity contribution >= 4 is 29.9 Å². The first-order valence-electron chi connectivity index (χ1n) is 9.59. The molecule has 4 rings (SSSR count). The predicted molar refractivity (Wildman–Crippen MR) is 118 cm³/mol. The SMILES string of the molecule is CCNC(=NCc1ccn[nH]1)NC1CC2(CCCC2)Oc2ccccc21.I. The summed E-state index contributed by atoms with van der Waals surface area (Å²) in [6.07, 6.45) is 7.52.